The molecular weight excluding hydrogens is 316 g/mol. The number of nitrogens with zero attached hydrogens (tertiary/aromatic N) is 1. The van der Waals surface area contributed by atoms with Crippen LogP contribution in [0.4, 0.5) is 5.69 Å². The highest BCUT2D eigenvalue weighted by Gasteiger charge is 2.48. The summed E-state index contributed by atoms with van der Waals surface area (Å²) in [7, 11) is 1.41. The molecule has 2 atom stereocenters. The van der Waals surface area contributed by atoms with Crippen LogP contribution in [0.15, 0.2) is 39.6 Å². The van der Waals surface area contributed by atoms with Crippen LogP contribution in [0.3, 0.4) is 0 Å². The number of benzene rings is 1. The van der Waals surface area contributed by atoms with Gasteiger partial charge in [-0.05, 0) is 26.0 Å². The second-order valence-corrected chi connectivity index (χ2v) is 6.94. The molecule has 2 heterocycles. The summed E-state index contributed by atoms with van der Waals surface area (Å²) in [6, 6.07) is 8.85. The third kappa shape index (κ3) is 2.73. The molecule has 1 N–H and O–H groups in total. The van der Waals surface area contributed by atoms with Crippen molar-refractivity contribution in [3.05, 3.63) is 47.4 Å². The minimum absolute atomic E-state index is 0.161. The summed E-state index contributed by atoms with van der Waals surface area (Å²) in [4.78, 5) is 25.3. The number of carbonyl (C=O) groups is 2. The van der Waals surface area contributed by atoms with E-state index >= 15 is 0 Å². The van der Waals surface area contributed by atoms with E-state index in [0.717, 1.165) is 9.87 Å². The van der Waals surface area contributed by atoms with Gasteiger partial charge in [-0.2, -0.15) is 4.31 Å². The van der Waals surface area contributed by atoms with E-state index in [1.54, 1.807) is 25.1 Å². The molecule has 2 aromatic rings. The lowest BCUT2D eigenvalue weighted by atomic mass is 10.0. The van der Waals surface area contributed by atoms with E-state index in [-0.39, 0.29) is 5.76 Å². The monoisotopic (exact) mass is 332 g/mol. The van der Waals surface area contributed by atoms with Gasteiger partial charge in [0.25, 0.3) is 5.91 Å². The number of fused-ring (bicyclic) bond motifs is 1. The number of amides is 2. The van der Waals surface area contributed by atoms with Gasteiger partial charge in [-0.25, -0.2) is 0 Å². The van der Waals surface area contributed by atoms with E-state index in [4.69, 9.17) is 4.42 Å². The first-order chi connectivity index (χ1) is 10.9. The van der Waals surface area contributed by atoms with Crippen LogP contribution in [-0.4, -0.2) is 27.7 Å². The number of likely N-dealkylation sites (N-methyl/N-ethyl adjacent to an activating group) is 1. The fraction of sp³-hybridized carbons (Fsp3) is 0.250. The normalized spacial score (nSPS) is 20.3. The van der Waals surface area contributed by atoms with Crippen molar-refractivity contribution in [3.8, 4) is 0 Å². The number of anilines is 1. The van der Waals surface area contributed by atoms with Gasteiger partial charge in [-0.15, -0.1) is 0 Å². The lowest BCUT2D eigenvalue weighted by Crippen LogP contribution is -2.45. The highest BCUT2D eigenvalue weighted by molar-refractivity contribution is 7.89. The molecule has 1 aliphatic rings. The molecule has 2 amide bonds. The van der Waals surface area contributed by atoms with Crippen LogP contribution in [0.25, 0.3) is 0 Å². The topological polar surface area (TPSA) is 85.6 Å². The van der Waals surface area contributed by atoms with Crippen molar-refractivity contribution in [3.63, 3.8) is 0 Å². The average molecular weight is 332 g/mol. The smallest absolute Gasteiger partial charge is 0.284 e. The van der Waals surface area contributed by atoms with Gasteiger partial charge in [0.15, 0.2) is 11.7 Å². The maximum Gasteiger partial charge on any atom is 0.284 e. The molecule has 2 unspecified atom stereocenters. The van der Waals surface area contributed by atoms with Crippen LogP contribution in [0.1, 0.15) is 23.0 Å². The number of carbonyl (C=O) groups excluding carboxylic acids is 2. The Bertz CT molecular complexity index is 769. The molecule has 0 radical (unpaired) electrons. The first-order valence-electron chi connectivity index (χ1n) is 7.06. The van der Waals surface area contributed by atoms with Gasteiger partial charge in [0.05, 0.1) is 7.05 Å². The highest BCUT2D eigenvalue weighted by Crippen LogP contribution is 2.36. The molecule has 1 aliphatic heterocycles. The highest BCUT2D eigenvalue weighted by atomic mass is 32.2. The Balaban J connectivity index is 1.94. The average Bonchev–Trinajstić information content (AvgIpc) is 2.89. The zero-order valence-electron chi connectivity index (χ0n) is 13.0. The number of nitrogens with one attached hydrogen (secondary N) is 1. The molecule has 6 nitrogen and oxygen atoms in total. The van der Waals surface area contributed by atoms with Gasteiger partial charge in [-0.1, -0.05) is 17.7 Å². The van der Waals surface area contributed by atoms with E-state index in [2.05, 4.69) is 5.32 Å². The number of aryl methyl sites for hydroxylation is 2. The Hall–Kier alpha value is -2.25. The second-order valence-electron chi connectivity index (χ2n) is 5.46. The zero-order chi connectivity index (χ0) is 16.7. The molecule has 1 aromatic carbocycles. The molecule has 7 heteroatoms. The van der Waals surface area contributed by atoms with Crippen molar-refractivity contribution in [2.24, 2.45) is 0 Å². The first-order valence-corrected chi connectivity index (χ1v) is 8.16. The van der Waals surface area contributed by atoms with Crippen LogP contribution >= 0.6 is 0 Å². The summed E-state index contributed by atoms with van der Waals surface area (Å²) in [6.07, 6.45) is 0. The van der Waals surface area contributed by atoms with E-state index in [1.807, 2.05) is 19.1 Å². The number of rotatable bonds is 2. The largest absolute Gasteiger partial charge is 0.588 e. The quantitative estimate of drug-likeness (QED) is 0.674. The van der Waals surface area contributed by atoms with Crippen molar-refractivity contribution >= 4 is 28.9 Å². The van der Waals surface area contributed by atoms with Crippen molar-refractivity contribution < 1.29 is 18.6 Å². The van der Waals surface area contributed by atoms with Gasteiger partial charge in [0.1, 0.15) is 17.1 Å². The Kier molecular flexibility index (Phi) is 3.91. The van der Waals surface area contributed by atoms with Crippen molar-refractivity contribution in [2.75, 3.05) is 12.4 Å². The standard InChI is InChI=1S/C16H16N2O4S/c1-9-4-6-11(7-5-9)17-15(19)13-14-12(8-10(2)22-14)23(21)18(3)16(13)20/h4-8,13H,1-3H3,(H,17,19). The van der Waals surface area contributed by atoms with Gasteiger partial charge >= 0.3 is 0 Å². The SMILES string of the molecule is Cc1ccc(NC(=O)C2C(=O)N(C)[S+]([O-])c3cc(C)oc32)cc1. The third-order valence-corrected chi connectivity index (χ3v) is 5.06. The van der Waals surface area contributed by atoms with Crippen molar-refractivity contribution in [1.29, 1.82) is 0 Å². The summed E-state index contributed by atoms with van der Waals surface area (Å²) < 4.78 is 18.8. The first kappa shape index (κ1) is 15.6. The van der Waals surface area contributed by atoms with Crippen LogP contribution in [0, 0.1) is 13.8 Å². The molecule has 0 spiro atoms. The van der Waals surface area contributed by atoms with Crippen LogP contribution in [0.2, 0.25) is 0 Å². The summed E-state index contributed by atoms with van der Waals surface area (Å²) >= 11 is -1.65. The molecule has 0 fully saturated rings. The van der Waals surface area contributed by atoms with Gasteiger partial charge in [0.2, 0.25) is 10.8 Å². The minimum Gasteiger partial charge on any atom is -0.588 e. The Labute approximate surface area is 136 Å². The fourth-order valence-electron chi connectivity index (χ4n) is 2.45. The van der Waals surface area contributed by atoms with E-state index in [0.29, 0.717) is 16.3 Å². The summed E-state index contributed by atoms with van der Waals surface area (Å²) in [5, 5.41) is 2.71. The fourth-order valence-corrected chi connectivity index (χ4v) is 3.61. The Morgan fingerprint density at radius 2 is 1.96 bits per heavy atom. The third-order valence-electron chi connectivity index (χ3n) is 3.69. The molecule has 120 valence electrons. The molecule has 23 heavy (non-hydrogen) atoms. The Morgan fingerprint density at radius 3 is 2.61 bits per heavy atom. The molecule has 0 aliphatic carbocycles. The van der Waals surface area contributed by atoms with Crippen molar-refractivity contribution in [1.82, 2.24) is 4.31 Å². The van der Waals surface area contributed by atoms with E-state index in [9.17, 15) is 14.1 Å². The van der Waals surface area contributed by atoms with Gasteiger partial charge in [-0.3, -0.25) is 9.59 Å². The van der Waals surface area contributed by atoms with E-state index in [1.165, 1.54) is 7.05 Å². The molecule has 0 saturated carbocycles. The zero-order valence-corrected chi connectivity index (χ0v) is 13.8. The molecule has 1 aromatic heterocycles. The predicted octanol–water partition coefficient (Wildman–Crippen LogP) is 2.11. The maximum absolute atomic E-state index is 12.6. The second kappa shape index (κ2) is 5.75. The Morgan fingerprint density at radius 1 is 1.30 bits per heavy atom. The molecule has 0 bridgehead atoms. The summed E-state index contributed by atoms with van der Waals surface area (Å²) in [5.74, 6) is -1.51. The van der Waals surface area contributed by atoms with E-state index < -0.39 is 29.1 Å². The minimum atomic E-state index is -1.65. The lowest BCUT2D eigenvalue weighted by molar-refractivity contribution is -0.133. The van der Waals surface area contributed by atoms with Crippen LogP contribution < -0.4 is 5.32 Å². The molecule has 0 saturated heterocycles. The van der Waals surface area contributed by atoms with Crippen LogP contribution in [0.5, 0.6) is 0 Å². The molecule has 3 rings (SSSR count). The number of hydrogen-bond donors (Lipinski definition) is 1. The molecular formula is C16H16N2O4S. The van der Waals surface area contributed by atoms with Gasteiger partial charge in [0, 0.05) is 11.8 Å². The van der Waals surface area contributed by atoms with Gasteiger partial charge < -0.3 is 14.3 Å². The maximum atomic E-state index is 12.6. The number of hydrogen-bond acceptors (Lipinski definition) is 4. The lowest BCUT2D eigenvalue weighted by Gasteiger charge is -2.27. The summed E-state index contributed by atoms with van der Waals surface area (Å²) in [5.41, 5.74) is 1.66. The van der Waals surface area contributed by atoms with Crippen LogP contribution in [-0.2, 0) is 21.0 Å². The predicted molar refractivity (Wildman–Crippen MR) is 85.2 cm³/mol. The van der Waals surface area contributed by atoms with Crippen molar-refractivity contribution in [2.45, 2.75) is 24.7 Å². The summed E-state index contributed by atoms with van der Waals surface area (Å²) in [6.45, 7) is 3.63. The number of furan rings is 1.